The van der Waals surface area contributed by atoms with Gasteiger partial charge in [0.25, 0.3) is 5.91 Å². The number of halogens is 3. The molecule has 168 valence electrons. The molecule has 0 aliphatic heterocycles. The van der Waals surface area contributed by atoms with Crippen LogP contribution >= 0.6 is 0 Å². The number of hydrogen-bond donors (Lipinski definition) is 2. The molecule has 0 bridgehead atoms. The van der Waals surface area contributed by atoms with Gasteiger partial charge in [-0.05, 0) is 43.7 Å². The fraction of sp³-hybridized carbons (Fsp3) is 0.261. The molecule has 2 aromatic heterocycles. The van der Waals surface area contributed by atoms with Gasteiger partial charge in [-0.2, -0.15) is 13.2 Å². The lowest BCUT2D eigenvalue weighted by Crippen LogP contribution is -2.29. The summed E-state index contributed by atoms with van der Waals surface area (Å²) in [4.78, 5) is 30.0. The highest BCUT2D eigenvalue weighted by Gasteiger charge is 2.31. The topological polar surface area (TPSA) is 76.0 Å². The Labute approximate surface area is 183 Å². The van der Waals surface area contributed by atoms with Crippen molar-refractivity contribution < 1.29 is 18.0 Å². The second-order valence-electron chi connectivity index (χ2n) is 7.29. The molecule has 3 aromatic rings. The molecule has 1 atom stereocenters. The third kappa shape index (κ3) is 4.37. The molecule has 3 rings (SSSR count). The maximum absolute atomic E-state index is 13.3. The second kappa shape index (κ2) is 8.86. The summed E-state index contributed by atoms with van der Waals surface area (Å²) in [5, 5.41) is 5.40. The molecule has 32 heavy (non-hydrogen) atoms. The van der Waals surface area contributed by atoms with E-state index in [1.54, 1.807) is 30.8 Å². The molecule has 2 N–H and O–H groups in total. The number of nitrogens with zero attached hydrogens (tertiary/aromatic N) is 2. The van der Waals surface area contributed by atoms with Crippen molar-refractivity contribution in [2.24, 2.45) is 0 Å². The first-order valence-corrected chi connectivity index (χ1v) is 9.87. The Balaban J connectivity index is 2.26. The minimum Gasteiger partial charge on any atom is -0.387 e. The Bertz CT molecular complexity index is 1200. The summed E-state index contributed by atoms with van der Waals surface area (Å²) in [6.45, 7) is 3.48. The van der Waals surface area contributed by atoms with Crippen LogP contribution in [0.15, 0.2) is 53.6 Å². The molecule has 0 radical (unpaired) electrons. The van der Waals surface area contributed by atoms with Crippen molar-refractivity contribution in [1.82, 2.24) is 14.9 Å². The van der Waals surface area contributed by atoms with E-state index in [2.05, 4.69) is 15.6 Å². The highest BCUT2D eigenvalue weighted by atomic mass is 19.4. The van der Waals surface area contributed by atoms with Crippen LogP contribution in [0.1, 0.15) is 40.3 Å². The lowest BCUT2D eigenvalue weighted by molar-refractivity contribution is -0.137. The molecule has 9 heteroatoms. The molecule has 6 nitrogen and oxygen atoms in total. The van der Waals surface area contributed by atoms with Crippen LogP contribution in [0.25, 0.3) is 11.1 Å². The van der Waals surface area contributed by atoms with Gasteiger partial charge < -0.3 is 15.2 Å². The zero-order chi connectivity index (χ0) is 23.6. The third-order valence-electron chi connectivity index (χ3n) is 5.36. The van der Waals surface area contributed by atoms with E-state index in [1.165, 1.54) is 25.4 Å². The van der Waals surface area contributed by atoms with E-state index in [4.69, 9.17) is 0 Å². The Morgan fingerprint density at radius 3 is 2.44 bits per heavy atom. The monoisotopic (exact) mass is 444 g/mol. The third-order valence-corrected chi connectivity index (χ3v) is 5.36. The molecule has 1 unspecified atom stereocenters. The van der Waals surface area contributed by atoms with Crippen LogP contribution < -0.4 is 16.1 Å². The molecule has 0 fully saturated rings. The Morgan fingerprint density at radius 2 is 1.88 bits per heavy atom. The average molecular weight is 444 g/mol. The average Bonchev–Trinajstić information content (AvgIpc) is 2.78. The first kappa shape index (κ1) is 23.1. The summed E-state index contributed by atoms with van der Waals surface area (Å²) in [5.41, 5.74) is 0.356. The van der Waals surface area contributed by atoms with Gasteiger partial charge in [0.2, 0.25) is 5.43 Å². The van der Waals surface area contributed by atoms with Gasteiger partial charge in [0, 0.05) is 31.5 Å². The van der Waals surface area contributed by atoms with Crippen LogP contribution in [0.5, 0.6) is 0 Å². The fourth-order valence-corrected chi connectivity index (χ4v) is 3.56. The number of hydrogen-bond acceptors (Lipinski definition) is 4. The van der Waals surface area contributed by atoms with Crippen molar-refractivity contribution >= 4 is 11.6 Å². The lowest BCUT2D eigenvalue weighted by atomic mass is 9.98. The summed E-state index contributed by atoms with van der Waals surface area (Å²) < 4.78 is 41.5. The van der Waals surface area contributed by atoms with Crippen molar-refractivity contribution in [2.75, 3.05) is 19.4 Å². The summed E-state index contributed by atoms with van der Waals surface area (Å²) in [6.07, 6.45) is -1.49. The van der Waals surface area contributed by atoms with Crippen molar-refractivity contribution in [3.8, 4) is 11.1 Å². The molecule has 1 amide bonds. The van der Waals surface area contributed by atoms with E-state index in [0.29, 0.717) is 11.4 Å². The van der Waals surface area contributed by atoms with Gasteiger partial charge in [-0.15, -0.1) is 0 Å². The van der Waals surface area contributed by atoms with Gasteiger partial charge in [-0.3, -0.25) is 14.6 Å². The molecule has 2 heterocycles. The van der Waals surface area contributed by atoms with E-state index >= 15 is 0 Å². The van der Waals surface area contributed by atoms with Gasteiger partial charge in [0.05, 0.1) is 29.2 Å². The minimum absolute atomic E-state index is 0.0379. The van der Waals surface area contributed by atoms with E-state index in [0.717, 1.165) is 17.8 Å². The Kier molecular flexibility index (Phi) is 6.38. The molecule has 1 aromatic carbocycles. The van der Waals surface area contributed by atoms with Crippen LogP contribution in [0, 0.1) is 6.92 Å². The van der Waals surface area contributed by atoms with Crippen LogP contribution in [0.4, 0.5) is 18.9 Å². The predicted molar refractivity (Wildman–Crippen MR) is 117 cm³/mol. The van der Waals surface area contributed by atoms with Crippen LogP contribution in [0.2, 0.25) is 0 Å². The van der Waals surface area contributed by atoms with E-state index < -0.39 is 29.1 Å². The van der Waals surface area contributed by atoms with Gasteiger partial charge >= 0.3 is 6.18 Å². The number of carbonyl (C=O) groups is 1. The molecule has 0 aliphatic carbocycles. The number of aromatic nitrogens is 2. The molecule has 0 aliphatic rings. The number of nitrogens with one attached hydrogen (secondary N) is 2. The maximum Gasteiger partial charge on any atom is 0.416 e. The molecular weight excluding hydrogens is 421 g/mol. The van der Waals surface area contributed by atoms with Crippen molar-refractivity contribution in [3.63, 3.8) is 0 Å². The maximum atomic E-state index is 13.3. The molecule has 0 saturated carbocycles. The van der Waals surface area contributed by atoms with Crippen LogP contribution in [0.3, 0.4) is 0 Å². The van der Waals surface area contributed by atoms with Gasteiger partial charge in [-0.25, -0.2) is 0 Å². The zero-order valence-corrected chi connectivity index (χ0v) is 18.0. The second-order valence-corrected chi connectivity index (χ2v) is 7.29. The lowest BCUT2D eigenvalue weighted by Gasteiger charge is -2.22. The number of pyridine rings is 2. The summed E-state index contributed by atoms with van der Waals surface area (Å²) >= 11 is 0. The normalized spacial score (nSPS) is 12.3. The number of anilines is 1. The van der Waals surface area contributed by atoms with Crippen LogP contribution in [-0.4, -0.2) is 29.6 Å². The standard InChI is InChI=1S/C23H23F3N4O2/c1-13(19-9-8-17(27-3)11-29-19)30-12-18(22(32)28-4)21(31)20(14(30)2)15-6-5-7-16(10-15)23(24,25)26/h5-13,27H,1-4H3,(H,28,32). The van der Waals surface area contributed by atoms with Gasteiger partial charge in [-0.1, -0.05) is 12.1 Å². The number of carbonyl (C=O) groups excluding carboxylic acids is 1. The highest BCUT2D eigenvalue weighted by Crippen LogP contribution is 2.33. The zero-order valence-electron chi connectivity index (χ0n) is 18.0. The van der Waals surface area contributed by atoms with Crippen molar-refractivity contribution in [2.45, 2.75) is 26.1 Å². The quantitative estimate of drug-likeness (QED) is 0.617. The first-order valence-electron chi connectivity index (χ1n) is 9.87. The predicted octanol–water partition coefficient (Wildman–Crippen LogP) is 4.25. The summed E-state index contributed by atoms with van der Waals surface area (Å²) in [5.74, 6) is -0.623. The molecular formula is C23H23F3N4O2. The first-order chi connectivity index (χ1) is 15.1. The summed E-state index contributed by atoms with van der Waals surface area (Å²) in [7, 11) is 3.15. The largest absolute Gasteiger partial charge is 0.416 e. The molecule has 0 spiro atoms. The smallest absolute Gasteiger partial charge is 0.387 e. The molecule has 0 saturated heterocycles. The number of benzene rings is 1. The van der Waals surface area contributed by atoms with Crippen molar-refractivity contribution in [3.05, 3.63) is 81.5 Å². The Morgan fingerprint density at radius 1 is 1.16 bits per heavy atom. The van der Waals surface area contributed by atoms with Gasteiger partial charge in [0.15, 0.2) is 0 Å². The number of alkyl halides is 3. The van der Waals surface area contributed by atoms with E-state index in [9.17, 15) is 22.8 Å². The van der Waals surface area contributed by atoms with E-state index in [1.807, 2.05) is 13.0 Å². The van der Waals surface area contributed by atoms with Crippen LogP contribution in [-0.2, 0) is 6.18 Å². The number of rotatable bonds is 5. The SMILES string of the molecule is CNC(=O)c1cn(C(C)c2ccc(NC)cn2)c(C)c(-c2cccc(C(F)(F)F)c2)c1=O. The Hall–Kier alpha value is -3.62. The summed E-state index contributed by atoms with van der Waals surface area (Å²) in [6, 6.07) is 7.79. The fourth-order valence-electron chi connectivity index (χ4n) is 3.56. The van der Waals surface area contributed by atoms with Crippen molar-refractivity contribution in [1.29, 1.82) is 0 Å². The highest BCUT2D eigenvalue weighted by molar-refractivity contribution is 5.95. The minimum atomic E-state index is -4.56. The van der Waals surface area contributed by atoms with Gasteiger partial charge in [0.1, 0.15) is 5.56 Å². The number of amides is 1. The van der Waals surface area contributed by atoms with E-state index in [-0.39, 0.29) is 16.7 Å².